The first kappa shape index (κ1) is 18.4. The van der Waals surface area contributed by atoms with Crippen molar-refractivity contribution in [2.75, 3.05) is 10.6 Å². The van der Waals surface area contributed by atoms with Crippen LogP contribution >= 0.6 is 0 Å². The third kappa shape index (κ3) is 5.04. The monoisotopic (exact) mass is 362 g/mol. The Morgan fingerprint density at radius 2 is 1.74 bits per heavy atom. The number of ether oxygens (including phenoxy) is 1. The van der Waals surface area contributed by atoms with E-state index in [4.69, 9.17) is 4.74 Å². The molecule has 0 fully saturated rings. The first-order chi connectivity index (χ1) is 13.0. The molecule has 0 saturated carbocycles. The molecule has 2 aromatic carbocycles. The number of anilines is 3. The third-order valence-electron chi connectivity index (χ3n) is 3.78. The number of amides is 1. The summed E-state index contributed by atoms with van der Waals surface area (Å²) < 4.78 is 5.59. The van der Waals surface area contributed by atoms with Crippen LogP contribution in [0.4, 0.5) is 17.2 Å². The van der Waals surface area contributed by atoms with E-state index in [9.17, 15) is 4.79 Å². The zero-order valence-electron chi connectivity index (χ0n) is 15.6. The summed E-state index contributed by atoms with van der Waals surface area (Å²) in [4.78, 5) is 20.8. The van der Waals surface area contributed by atoms with Gasteiger partial charge in [-0.05, 0) is 56.7 Å². The van der Waals surface area contributed by atoms with E-state index in [0.717, 1.165) is 17.0 Å². The van der Waals surface area contributed by atoms with Gasteiger partial charge in [-0.3, -0.25) is 4.79 Å². The fraction of sp³-hybridized carbons (Fsp3) is 0.190. The zero-order valence-corrected chi connectivity index (χ0v) is 15.6. The van der Waals surface area contributed by atoms with Gasteiger partial charge >= 0.3 is 0 Å². The molecule has 0 saturated heterocycles. The van der Waals surface area contributed by atoms with Crippen molar-refractivity contribution in [1.82, 2.24) is 9.97 Å². The molecule has 1 heterocycles. The Balaban J connectivity index is 1.63. The summed E-state index contributed by atoms with van der Waals surface area (Å²) in [5, 5.41) is 5.99. The minimum Gasteiger partial charge on any atom is -0.491 e. The Hall–Kier alpha value is -3.41. The number of rotatable bonds is 6. The first-order valence-electron chi connectivity index (χ1n) is 8.74. The summed E-state index contributed by atoms with van der Waals surface area (Å²) in [5.41, 5.74) is 2.96. The Labute approximate surface area is 158 Å². The summed E-state index contributed by atoms with van der Waals surface area (Å²) in [6.45, 7) is 5.94. The van der Waals surface area contributed by atoms with Gasteiger partial charge in [-0.25, -0.2) is 9.97 Å². The molecule has 0 aliphatic carbocycles. The van der Waals surface area contributed by atoms with Gasteiger partial charge in [0.2, 0.25) is 0 Å². The number of nitrogens with zero attached hydrogens (tertiary/aromatic N) is 2. The van der Waals surface area contributed by atoms with Crippen LogP contribution in [0.1, 0.15) is 29.9 Å². The Bertz CT molecular complexity index is 906. The largest absolute Gasteiger partial charge is 0.491 e. The first-order valence-corrected chi connectivity index (χ1v) is 8.74. The average molecular weight is 362 g/mol. The fourth-order valence-electron chi connectivity index (χ4n) is 2.45. The van der Waals surface area contributed by atoms with Crippen molar-refractivity contribution >= 4 is 23.1 Å². The van der Waals surface area contributed by atoms with Gasteiger partial charge in [-0.15, -0.1) is 0 Å². The number of para-hydroxylation sites is 1. The lowest BCUT2D eigenvalue weighted by molar-refractivity contribution is 0.102. The van der Waals surface area contributed by atoms with Crippen molar-refractivity contribution in [3.05, 3.63) is 72.2 Å². The quantitative estimate of drug-likeness (QED) is 0.672. The van der Waals surface area contributed by atoms with Gasteiger partial charge in [0.25, 0.3) is 5.91 Å². The number of carbonyl (C=O) groups excluding carboxylic acids is 1. The molecule has 1 amide bonds. The van der Waals surface area contributed by atoms with Gasteiger partial charge in [0.15, 0.2) is 0 Å². The number of aryl methyl sites for hydroxylation is 1. The molecule has 27 heavy (non-hydrogen) atoms. The highest BCUT2D eigenvalue weighted by atomic mass is 16.5. The Kier molecular flexibility index (Phi) is 5.66. The van der Waals surface area contributed by atoms with Crippen molar-refractivity contribution < 1.29 is 9.53 Å². The number of hydrogen-bond donors (Lipinski definition) is 2. The molecule has 0 unspecified atom stereocenters. The second kappa shape index (κ2) is 8.31. The molecular formula is C21H22N4O2. The van der Waals surface area contributed by atoms with E-state index in [2.05, 4.69) is 20.6 Å². The minimum atomic E-state index is -0.317. The summed E-state index contributed by atoms with van der Waals surface area (Å²) >= 11 is 0. The van der Waals surface area contributed by atoms with E-state index in [-0.39, 0.29) is 17.7 Å². The number of nitrogens with one attached hydrogen (secondary N) is 2. The van der Waals surface area contributed by atoms with Crippen molar-refractivity contribution in [2.24, 2.45) is 0 Å². The standard InChI is InChI=1S/C21H22N4O2/c1-14(2)27-17-10-8-16(9-11-17)24-21(26)19-12-23-20(13-22-19)25-18-7-5-4-6-15(18)3/h4-14H,1-3H3,(H,23,25)(H,24,26). The van der Waals surface area contributed by atoms with E-state index in [1.54, 1.807) is 18.3 Å². The number of carbonyl (C=O) groups is 1. The molecule has 1 aromatic heterocycles. The molecule has 6 heteroatoms. The SMILES string of the molecule is Cc1ccccc1Nc1cnc(C(=O)Nc2ccc(OC(C)C)cc2)cn1. The molecule has 0 aliphatic rings. The molecule has 0 bridgehead atoms. The minimum absolute atomic E-state index is 0.104. The highest BCUT2D eigenvalue weighted by Gasteiger charge is 2.09. The molecular weight excluding hydrogens is 340 g/mol. The maximum atomic E-state index is 12.3. The smallest absolute Gasteiger partial charge is 0.275 e. The van der Waals surface area contributed by atoms with E-state index < -0.39 is 0 Å². The summed E-state index contributed by atoms with van der Waals surface area (Å²) in [7, 11) is 0. The predicted octanol–water partition coefficient (Wildman–Crippen LogP) is 4.57. The highest BCUT2D eigenvalue weighted by Crippen LogP contribution is 2.19. The zero-order chi connectivity index (χ0) is 19.2. The molecule has 3 rings (SSSR count). The molecule has 6 nitrogen and oxygen atoms in total. The predicted molar refractivity (Wildman–Crippen MR) is 107 cm³/mol. The van der Waals surface area contributed by atoms with Crippen LogP contribution in [0.2, 0.25) is 0 Å². The van der Waals surface area contributed by atoms with E-state index in [0.29, 0.717) is 11.5 Å². The number of aromatic nitrogens is 2. The summed E-state index contributed by atoms with van der Waals surface area (Å²) in [5.74, 6) is 1.02. The van der Waals surface area contributed by atoms with Crippen LogP contribution < -0.4 is 15.4 Å². The van der Waals surface area contributed by atoms with Crippen LogP contribution in [0.5, 0.6) is 5.75 Å². The van der Waals surface area contributed by atoms with Crippen LogP contribution in [0.3, 0.4) is 0 Å². The van der Waals surface area contributed by atoms with Crippen LogP contribution in [0.15, 0.2) is 60.9 Å². The molecule has 0 atom stereocenters. The third-order valence-corrected chi connectivity index (χ3v) is 3.78. The van der Waals surface area contributed by atoms with Crippen LogP contribution in [0.25, 0.3) is 0 Å². The molecule has 2 N–H and O–H groups in total. The van der Waals surface area contributed by atoms with Crippen molar-refractivity contribution in [3.63, 3.8) is 0 Å². The van der Waals surface area contributed by atoms with Gasteiger partial charge < -0.3 is 15.4 Å². The lowest BCUT2D eigenvalue weighted by Crippen LogP contribution is -2.14. The lowest BCUT2D eigenvalue weighted by Gasteiger charge is -2.11. The van der Waals surface area contributed by atoms with E-state index in [1.807, 2.05) is 57.2 Å². The normalized spacial score (nSPS) is 10.5. The molecule has 0 spiro atoms. The topological polar surface area (TPSA) is 76.1 Å². The van der Waals surface area contributed by atoms with Crippen LogP contribution in [-0.4, -0.2) is 22.0 Å². The Morgan fingerprint density at radius 1 is 1.00 bits per heavy atom. The van der Waals surface area contributed by atoms with Gasteiger partial charge in [-0.2, -0.15) is 0 Å². The highest BCUT2D eigenvalue weighted by molar-refractivity contribution is 6.02. The average Bonchev–Trinajstić information content (AvgIpc) is 2.65. The molecule has 0 radical (unpaired) electrons. The number of hydrogen-bond acceptors (Lipinski definition) is 5. The van der Waals surface area contributed by atoms with Gasteiger partial charge in [0, 0.05) is 11.4 Å². The second-order valence-corrected chi connectivity index (χ2v) is 6.37. The maximum absolute atomic E-state index is 12.3. The molecule has 3 aromatic rings. The summed E-state index contributed by atoms with van der Waals surface area (Å²) in [6, 6.07) is 15.1. The molecule has 0 aliphatic heterocycles. The van der Waals surface area contributed by atoms with Crippen LogP contribution in [-0.2, 0) is 0 Å². The Morgan fingerprint density at radius 3 is 2.37 bits per heavy atom. The number of benzene rings is 2. The lowest BCUT2D eigenvalue weighted by atomic mass is 10.2. The van der Waals surface area contributed by atoms with Crippen LogP contribution in [0, 0.1) is 6.92 Å². The molecule has 138 valence electrons. The fourth-order valence-corrected chi connectivity index (χ4v) is 2.45. The second-order valence-electron chi connectivity index (χ2n) is 6.37. The van der Waals surface area contributed by atoms with E-state index >= 15 is 0 Å². The van der Waals surface area contributed by atoms with Gasteiger partial charge in [0.05, 0.1) is 18.5 Å². The summed E-state index contributed by atoms with van der Waals surface area (Å²) in [6.07, 6.45) is 3.10. The van der Waals surface area contributed by atoms with Gasteiger partial charge in [0.1, 0.15) is 17.3 Å². The van der Waals surface area contributed by atoms with E-state index in [1.165, 1.54) is 6.20 Å². The van der Waals surface area contributed by atoms with Gasteiger partial charge in [-0.1, -0.05) is 18.2 Å². The maximum Gasteiger partial charge on any atom is 0.275 e. The van der Waals surface area contributed by atoms with Crippen molar-refractivity contribution in [3.8, 4) is 5.75 Å². The van der Waals surface area contributed by atoms with Crippen molar-refractivity contribution in [1.29, 1.82) is 0 Å². The van der Waals surface area contributed by atoms with Crippen molar-refractivity contribution in [2.45, 2.75) is 26.9 Å².